The van der Waals surface area contributed by atoms with Crippen molar-refractivity contribution in [2.45, 2.75) is 6.10 Å². The zero-order valence-corrected chi connectivity index (χ0v) is 11.2. The minimum atomic E-state index is -0.667. The van der Waals surface area contributed by atoms with Crippen LogP contribution in [0.1, 0.15) is 0 Å². The molecule has 0 aromatic heterocycles. The first-order chi connectivity index (χ1) is 10.1. The van der Waals surface area contributed by atoms with E-state index in [-0.39, 0.29) is 25.0 Å². The Hall–Kier alpha value is -2.32. The molecule has 2 aliphatic rings. The molecule has 3 rings (SSSR count). The molecule has 2 amide bonds. The van der Waals surface area contributed by atoms with Crippen molar-refractivity contribution >= 4 is 28.9 Å². The van der Waals surface area contributed by atoms with Gasteiger partial charge in [-0.3, -0.25) is 9.59 Å². The van der Waals surface area contributed by atoms with E-state index in [4.69, 9.17) is 19.9 Å². The van der Waals surface area contributed by atoms with E-state index in [0.717, 1.165) is 0 Å². The predicted octanol–water partition coefficient (Wildman–Crippen LogP) is -0.0464. The van der Waals surface area contributed by atoms with Gasteiger partial charge in [0.1, 0.15) is 5.75 Å². The first kappa shape index (κ1) is 13.7. The van der Waals surface area contributed by atoms with Crippen molar-refractivity contribution < 1.29 is 23.8 Å². The highest BCUT2D eigenvalue weighted by Crippen LogP contribution is 2.35. The van der Waals surface area contributed by atoms with Gasteiger partial charge in [0.2, 0.25) is 0 Å². The van der Waals surface area contributed by atoms with Crippen LogP contribution in [-0.2, 0) is 19.1 Å². The lowest BCUT2D eigenvalue weighted by molar-refractivity contribution is -0.142. The Labute approximate surface area is 120 Å². The second-order valence-electron chi connectivity index (χ2n) is 4.70. The molecule has 1 unspecified atom stereocenters. The monoisotopic (exact) mass is 293 g/mol. The van der Waals surface area contributed by atoms with Crippen molar-refractivity contribution in [1.82, 2.24) is 0 Å². The summed E-state index contributed by atoms with van der Waals surface area (Å²) >= 11 is 0. The molecule has 1 saturated heterocycles. The first-order valence-electron chi connectivity index (χ1n) is 6.50. The number of nitrogens with one attached hydrogen (secondary N) is 2. The standard InChI is InChI=1S/C13H15N3O5/c14-7-3-10-9(15-12(17)6-21-10)4-8(7)16-13(18)11-5-19-1-2-20-11/h3-4,11H,1-2,5-6,14H2,(H,15,17)(H,16,18). The number of carbonyl (C=O) groups excluding carboxylic acids is 2. The molecule has 0 saturated carbocycles. The van der Waals surface area contributed by atoms with Crippen LogP contribution >= 0.6 is 0 Å². The fourth-order valence-corrected chi connectivity index (χ4v) is 2.10. The highest BCUT2D eigenvalue weighted by molar-refractivity contribution is 6.01. The van der Waals surface area contributed by atoms with Crippen molar-refractivity contribution in [2.24, 2.45) is 0 Å². The molecular weight excluding hydrogens is 278 g/mol. The zero-order valence-electron chi connectivity index (χ0n) is 11.2. The SMILES string of the molecule is Nc1cc2c(cc1NC(=O)C1COCCO1)NC(=O)CO2. The summed E-state index contributed by atoms with van der Waals surface area (Å²) < 4.78 is 15.7. The average molecular weight is 293 g/mol. The van der Waals surface area contributed by atoms with E-state index in [9.17, 15) is 9.59 Å². The van der Waals surface area contributed by atoms with E-state index in [2.05, 4.69) is 10.6 Å². The van der Waals surface area contributed by atoms with E-state index in [0.29, 0.717) is 36.0 Å². The number of nitrogen functional groups attached to an aromatic ring is 1. The summed E-state index contributed by atoms with van der Waals surface area (Å²) in [6.45, 7) is 1.01. The first-order valence-corrected chi connectivity index (χ1v) is 6.50. The number of hydrogen-bond donors (Lipinski definition) is 3. The van der Waals surface area contributed by atoms with E-state index in [1.807, 2.05) is 0 Å². The highest BCUT2D eigenvalue weighted by Gasteiger charge is 2.24. The van der Waals surface area contributed by atoms with Crippen molar-refractivity contribution in [1.29, 1.82) is 0 Å². The minimum absolute atomic E-state index is 0.0502. The van der Waals surface area contributed by atoms with E-state index in [1.165, 1.54) is 0 Å². The number of carbonyl (C=O) groups is 2. The van der Waals surface area contributed by atoms with Gasteiger partial charge in [0, 0.05) is 6.07 Å². The molecule has 0 bridgehead atoms. The van der Waals surface area contributed by atoms with E-state index in [1.54, 1.807) is 12.1 Å². The summed E-state index contributed by atoms with van der Waals surface area (Å²) in [5, 5.41) is 5.32. The van der Waals surface area contributed by atoms with Crippen LogP contribution in [0.5, 0.6) is 5.75 Å². The lowest BCUT2D eigenvalue weighted by atomic mass is 10.2. The number of rotatable bonds is 2. The topological polar surface area (TPSA) is 112 Å². The van der Waals surface area contributed by atoms with Gasteiger partial charge in [0.15, 0.2) is 12.7 Å². The fourth-order valence-electron chi connectivity index (χ4n) is 2.10. The Kier molecular flexibility index (Phi) is 3.63. The van der Waals surface area contributed by atoms with Crippen LogP contribution in [0.25, 0.3) is 0 Å². The molecule has 0 radical (unpaired) electrons. The summed E-state index contributed by atoms with van der Waals surface area (Å²) in [6, 6.07) is 3.12. The lowest BCUT2D eigenvalue weighted by Crippen LogP contribution is -2.39. The van der Waals surface area contributed by atoms with Crippen LogP contribution in [-0.4, -0.2) is 44.3 Å². The van der Waals surface area contributed by atoms with Crippen LogP contribution in [0.4, 0.5) is 17.1 Å². The quantitative estimate of drug-likeness (QED) is 0.659. The fraction of sp³-hybridized carbons (Fsp3) is 0.385. The van der Waals surface area contributed by atoms with Crippen molar-refractivity contribution in [2.75, 3.05) is 42.8 Å². The second kappa shape index (κ2) is 5.58. The van der Waals surface area contributed by atoms with Crippen LogP contribution in [0.15, 0.2) is 12.1 Å². The summed E-state index contributed by atoms with van der Waals surface area (Å²) in [5.41, 5.74) is 7.08. The normalized spacial score (nSPS) is 21.0. The van der Waals surface area contributed by atoms with Gasteiger partial charge in [0.05, 0.1) is 36.9 Å². The Morgan fingerprint density at radius 2 is 2.24 bits per heavy atom. The zero-order chi connectivity index (χ0) is 14.8. The molecule has 8 heteroatoms. The molecule has 0 spiro atoms. The van der Waals surface area contributed by atoms with Gasteiger partial charge in [-0.15, -0.1) is 0 Å². The maximum Gasteiger partial charge on any atom is 0.262 e. The molecule has 112 valence electrons. The molecular formula is C13H15N3O5. The van der Waals surface area contributed by atoms with Gasteiger partial charge in [0.25, 0.3) is 11.8 Å². The predicted molar refractivity (Wildman–Crippen MR) is 74.2 cm³/mol. The molecule has 2 aliphatic heterocycles. The summed E-state index contributed by atoms with van der Waals surface area (Å²) in [7, 11) is 0. The number of anilines is 3. The smallest absolute Gasteiger partial charge is 0.262 e. The van der Waals surface area contributed by atoms with E-state index < -0.39 is 6.10 Å². The number of amides is 2. The third kappa shape index (κ3) is 2.91. The highest BCUT2D eigenvalue weighted by atomic mass is 16.6. The van der Waals surface area contributed by atoms with Crippen LogP contribution < -0.4 is 21.1 Å². The molecule has 8 nitrogen and oxygen atoms in total. The van der Waals surface area contributed by atoms with Crippen molar-refractivity contribution in [3.63, 3.8) is 0 Å². The maximum atomic E-state index is 12.1. The van der Waals surface area contributed by atoms with Crippen LogP contribution in [0.3, 0.4) is 0 Å². The minimum Gasteiger partial charge on any atom is -0.482 e. The largest absolute Gasteiger partial charge is 0.482 e. The Morgan fingerprint density at radius 1 is 1.38 bits per heavy atom. The lowest BCUT2D eigenvalue weighted by Gasteiger charge is -2.23. The molecule has 1 aromatic carbocycles. The van der Waals surface area contributed by atoms with Gasteiger partial charge >= 0.3 is 0 Å². The van der Waals surface area contributed by atoms with E-state index >= 15 is 0 Å². The summed E-state index contributed by atoms with van der Waals surface area (Å²) in [6.07, 6.45) is -0.667. The molecule has 4 N–H and O–H groups in total. The number of hydrogen-bond acceptors (Lipinski definition) is 6. The van der Waals surface area contributed by atoms with Crippen LogP contribution in [0, 0.1) is 0 Å². The van der Waals surface area contributed by atoms with Gasteiger partial charge in [-0.05, 0) is 6.07 Å². The van der Waals surface area contributed by atoms with Gasteiger partial charge in [-0.1, -0.05) is 0 Å². The Morgan fingerprint density at radius 3 is 3.00 bits per heavy atom. The third-order valence-corrected chi connectivity index (χ3v) is 3.15. The van der Waals surface area contributed by atoms with Crippen molar-refractivity contribution in [3.8, 4) is 5.75 Å². The van der Waals surface area contributed by atoms with Gasteiger partial charge in [-0.2, -0.15) is 0 Å². The Bertz CT molecular complexity index is 583. The molecule has 0 aliphatic carbocycles. The summed E-state index contributed by atoms with van der Waals surface area (Å²) in [5.74, 6) is -0.125. The number of fused-ring (bicyclic) bond motifs is 1. The number of nitrogens with two attached hydrogens (primary N) is 1. The van der Waals surface area contributed by atoms with Gasteiger partial charge in [-0.25, -0.2) is 0 Å². The average Bonchev–Trinajstić information content (AvgIpc) is 2.49. The third-order valence-electron chi connectivity index (χ3n) is 3.15. The molecule has 21 heavy (non-hydrogen) atoms. The number of ether oxygens (including phenoxy) is 3. The maximum absolute atomic E-state index is 12.1. The van der Waals surface area contributed by atoms with Gasteiger partial charge < -0.3 is 30.6 Å². The van der Waals surface area contributed by atoms with Crippen LogP contribution in [0.2, 0.25) is 0 Å². The molecule has 1 fully saturated rings. The molecule has 1 aromatic rings. The molecule has 2 heterocycles. The Balaban J connectivity index is 1.77. The molecule has 1 atom stereocenters. The number of benzene rings is 1. The summed E-state index contributed by atoms with van der Waals surface area (Å²) in [4.78, 5) is 23.4. The second-order valence-corrected chi connectivity index (χ2v) is 4.70. The van der Waals surface area contributed by atoms with Crippen molar-refractivity contribution in [3.05, 3.63) is 12.1 Å².